The van der Waals surface area contributed by atoms with Gasteiger partial charge in [-0.25, -0.2) is 13.2 Å². The van der Waals surface area contributed by atoms with E-state index in [-0.39, 0.29) is 5.56 Å². The fourth-order valence-electron chi connectivity index (χ4n) is 1.61. The molecule has 0 aliphatic rings. The predicted octanol–water partition coefficient (Wildman–Crippen LogP) is 2.40. The second-order valence-electron chi connectivity index (χ2n) is 3.74. The average molecular weight is 241 g/mol. The lowest BCUT2D eigenvalue weighted by Gasteiger charge is -2.01. The van der Waals surface area contributed by atoms with Gasteiger partial charge in [0.1, 0.15) is 5.82 Å². The Balaban J connectivity index is 2.65. The molecule has 0 aliphatic heterocycles. The fraction of sp³-hybridized carbons (Fsp3) is 0.182. The van der Waals surface area contributed by atoms with Gasteiger partial charge in [-0.3, -0.25) is 4.68 Å². The summed E-state index contributed by atoms with van der Waals surface area (Å²) in [4.78, 5) is 0. The molecular weight excluding hydrogens is 231 g/mol. The molecule has 1 heterocycles. The molecule has 1 aromatic carbocycles. The Kier molecular flexibility index (Phi) is 2.57. The molecule has 0 atom stereocenters. The van der Waals surface area contributed by atoms with E-state index in [4.69, 9.17) is 5.73 Å². The van der Waals surface area contributed by atoms with Gasteiger partial charge in [0.2, 0.25) is 0 Å². The van der Waals surface area contributed by atoms with Crippen LogP contribution in [0.15, 0.2) is 12.1 Å². The highest BCUT2D eigenvalue weighted by molar-refractivity contribution is 5.68. The van der Waals surface area contributed by atoms with Gasteiger partial charge in [-0.15, -0.1) is 0 Å². The summed E-state index contributed by atoms with van der Waals surface area (Å²) in [6.45, 7) is 1.68. The molecule has 0 fully saturated rings. The molecule has 6 heteroatoms. The third kappa shape index (κ3) is 1.75. The summed E-state index contributed by atoms with van der Waals surface area (Å²) in [5.74, 6) is -3.59. The molecule has 2 N–H and O–H groups in total. The van der Waals surface area contributed by atoms with E-state index in [0.717, 1.165) is 12.1 Å². The Morgan fingerprint density at radius 1 is 1.18 bits per heavy atom. The number of halogens is 3. The molecule has 0 bridgehead atoms. The first-order valence-corrected chi connectivity index (χ1v) is 4.85. The standard InChI is InChI=1S/C11H10F3N3/c1-5-10(16-17(2)11(5)15)6-3-7(12)9(14)8(13)4-6/h3-4H,15H2,1-2H3. The molecule has 2 aromatic rings. The fourth-order valence-corrected chi connectivity index (χ4v) is 1.61. The average Bonchev–Trinajstić information content (AvgIpc) is 2.53. The summed E-state index contributed by atoms with van der Waals surface area (Å²) in [5, 5.41) is 4.03. The number of anilines is 1. The van der Waals surface area contributed by atoms with Crippen LogP contribution in [0.4, 0.5) is 19.0 Å². The number of aromatic nitrogens is 2. The van der Waals surface area contributed by atoms with E-state index >= 15 is 0 Å². The van der Waals surface area contributed by atoms with Gasteiger partial charge in [-0.1, -0.05) is 0 Å². The molecule has 0 amide bonds. The number of hydrogen-bond donors (Lipinski definition) is 1. The number of hydrogen-bond acceptors (Lipinski definition) is 2. The maximum absolute atomic E-state index is 13.1. The SMILES string of the molecule is Cc1c(-c2cc(F)c(F)c(F)c2)nn(C)c1N. The number of benzene rings is 1. The van der Waals surface area contributed by atoms with Crippen molar-refractivity contribution in [2.45, 2.75) is 6.92 Å². The van der Waals surface area contributed by atoms with E-state index < -0.39 is 17.5 Å². The third-order valence-electron chi connectivity index (χ3n) is 2.60. The number of nitrogens with two attached hydrogens (primary N) is 1. The molecular formula is C11H10F3N3. The molecule has 1 aromatic heterocycles. The lowest BCUT2D eigenvalue weighted by molar-refractivity contribution is 0.447. The summed E-state index contributed by atoms with van der Waals surface area (Å²) < 4.78 is 40.4. The lowest BCUT2D eigenvalue weighted by Crippen LogP contribution is -1.97. The van der Waals surface area contributed by atoms with E-state index in [9.17, 15) is 13.2 Å². The van der Waals surface area contributed by atoms with Crippen molar-refractivity contribution in [3.05, 3.63) is 35.1 Å². The monoisotopic (exact) mass is 241 g/mol. The van der Waals surface area contributed by atoms with Gasteiger partial charge in [0, 0.05) is 18.2 Å². The van der Waals surface area contributed by atoms with Crippen LogP contribution < -0.4 is 5.73 Å². The second-order valence-corrected chi connectivity index (χ2v) is 3.74. The number of nitrogens with zero attached hydrogens (tertiary/aromatic N) is 2. The minimum atomic E-state index is -1.49. The van der Waals surface area contributed by atoms with Crippen molar-refractivity contribution < 1.29 is 13.2 Å². The highest BCUT2D eigenvalue weighted by atomic mass is 19.2. The van der Waals surface area contributed by atoms with E-state index in [1.54, 1.807) is 14.0 Å². The van der Waals surface area contributed by atoms with Crippen LogP contribution in [0.25, 0.3) is 11.3 Å². The van der Waals surface area contributed by atoms with Crippen molar-refractivity contribution in [2.24, 2.45) is 7.05 Å². The molecule has 3 nitrogen and oxygen atoms in total. The molecule has 0 unspecified atom stereocenters. The summed E-state index contributed by atoms with van der Waals surface area (Å²) >= 11 is 0. The van der Waals surface area contributed by atoms with Crippen LogP contribution in [0.2, 0.25) is 0 Å². The molecule has 2 rings (SSSR count). The molecule has 0 aliphatic carbocycles. The van der Waals surface area contributed by atoms with Crippen LogP contribution in [0.1, 0.15) is 5.56 Å². The van der Waals surface area contributed by atoms with Gasteiger partial charge in [0.05, 0.1) is 5.69 Å². The van der Waals surface area contributed by atoms with Crippen LogP contribution in [-0.4, -0.2) is 9.78 Å². The minimum Gasteiger partial charge on any atom is -0.384 e. The first-order chi connectivity index (χ1) is 7.91. The van der Waals surface area contributed by atoms with Crippen molar-refractivity contribution in [3.63, 3.8) is 0 Å². The van der Waals surface area contributed by atoms with Crippen molar-refractivity contribution in [3.8, 4) is 11.3 Å². The quantitative estimate of drug-likeness (QED) is 0.779. The van der Waals surface area contributed by atoms with E-state index in [1.807, 2.05) is 0 Å². The summed E-state index contributed by atoms with van der Waals surface area (Å²) in [6.07, 6.45) is 0. The molecule has 17 heavy (non-hydrogen) atoms. The van der Waals surface area contributed by atoms with Gasteiger partial charge >= 0.3 is 0 Å². The van der Waals surface area contributed by atoms with E-state index in [1.165, 1.54) is 4.68 Å². The van der Waals surface area contributed by atoms with Gasteiger partial charge in [0.25, 0.3) is 0 Å². The van der Waals surface area contributed by atoms with Crippen molar-refractivity contribution in [2.75, 3.05) is 5.73 Å². The smallest absolute Gasteiger partial charge is 0.194 e. The predicted molar refractivity (Wildman–Crippen MR) is 57.7 cm³/mol. The summed E-state index contributed by atoms with van der Waals surface area (Å²) in [5.41, 5.74) is 6.77. The highest BCUT2D eigenvalue weighted by Crippen LogP contribution is 2.28. The van der Waals surface area contributed by atoms with E-state index in [0.29, 0.717) is 17.1 Å². The normalized spacial score (nSPS) is 10.9. The largest absolute Gasteiger partial charge is 0.384 e. The first-order valence-electron chi connectivity index (χ1n) is 4.85. The van der Waals surface area contributed by atoms with Crippen LogP contribution in [0.3, 0.4) is 0 Å². The Labute approximate surface area is 95.7 Å². The second kappa shape index (κ2) is 3.80. The minimum absolute atomic E-state index is 0.159. The zero-order valence-corrected chi connectivity index (χ0v) is 9.26. The summed E-state index contributed by atoms with van der Waals surface area (Å²) in [7, 11) is 1.61. The highest BCUT2D eigenvalue weighted by Gasteiger charge is 2.16. The molecule has 0 saturated carbocycles. The van der Waals surface area contributed by atoms with Gasteiger partial charge < -0.3 is 5.73 Å². The van der Waals surface area contributed by atoms with E-state index in [2.05, 4.69) is 5.10 Å². The maximum Gasteiger partial charge on any atom is 0.194 e. The lowest BCUT2D eigenvalue weighted by atomic mass is 10.1. The molecule has 0 radical (unpaired) electrons. The number of aryl methyl sites for hydroxylation is 1. The van der Waals surface area contributed by atoms with Crippen LogP contribution in [-0.2, 0) is 7.05 Å². The van der Waals surface area contributed by atoms with Gasteiger partial charge in [-0.2, -0.15) is 5.10 Å². The Morgan fingerprint density at radius 2 is 1.71 bits per heavy atom. The molecule has 0 spiro atoms. The van der Waals surface area contributed by atoms with Crippen molar-refractivity contribution in [1.82, 2.24) is 9.78 Å². The Morgan fingerprint density at radius 3 is 2.12 bits per heavy atom. The van der Waals surface area contributed by atoms with Crippen LogP contribution in [0.5, 0.6) is 0 Å². The van der Waals surface area contributed by atoms with Crippen molar-refractivity contribution >= 4 is 5.82 Å². The molecule has 90 valence electrons. The van der Waals surface area contributed by atoms with Crippen molar-refractivity contribution in [1.29, 1.82) is 0 Å². The Hall–Kier alpha value is -1.98. The molecule has 0 saturated heterocycles. The Bertz CT molecular complexity index is 567. The van der Waals surface area contributed by atoms with Crippen LogP contribution in [0, 0.1) is 24.4 Å². The topological polar surface area (TPSA) is 43.8 Å². The van der Waals surface area contributed by atoms with Gasteiger partial charge in [0.15, 0.2) is 17.5 Å². The zero-order chi connectivity index (χ0) is 12.7. The number of nitrogen functional groups attached to an aromatic ring is 1. The van der Waals surface area contributed by atoms with Crippen LogP contribution >= 0.6 is 0 Å². The number of rotatable bonds is 1. The third-order valence-corrected chi connectivity index (χ3v) is 2.60. The maximum atomic E-state index is 13.1. The first kappa shape index (κ1) is 11.5. The van der Waals surface area contributed by atoms with Gasteiger partial charge in [-0.05, 0) is 19.1 Å². The zero-order valence-electron chi connectivity index (χ0n) is 9.26. The summed E-state index contributed by atoms with van der Waals surface area (Å²) in [6, 6.07) is 1.79.